The van der Waals surface area contributed by atoms with Gasteiger partial charge in [-0.25, -0.2) is 4.98 Å². The highest BCUT2D eigenvalue weighted by Gasteiger charge is 2.07. The summed E-state index contributed by atoms with van der Waals surface area (Å²) >= 11 is 1.40. The molecule has 0 fully saturated rings. The predicted octanol–water partition coefficient (Wildman–Crippen LogP) is 2.82. The summed E-state index contributed by atoms with van der Waals surface area (Å²) in [7, 11) is 1.58. The molecule has 98 valence electrons. The van der Waals surface area contributed by atoms with Gasteiger partial charge in [0.2, 0.25) is 5.91 Å². The number of carbonyl (C=O) groups excluding carboxylic acids is 1. The van der Waals surface area contributed by atoms with Crippen LogP contribution in [0.3, 0.4) is 0 Å². The van der Waals surface area contributed by atoms with Crippen molar-refractivity contribution >= 4 is 23.4 Å². The molecule has 0 aliphatic heterocycles. The number of amides is 1. The number of ether oxygens (including phenoxy) is 1. The molecule has 0 unspecified atom stereocenters. The minimum absolute atomic E-state index is 0.0832. The number of nitrogens with zero attached hydrogens (tertiary/aromatic N) is 1. The molecule has 1 N–H and O–H groups in total. The Bertz CT molecular complexity index is 546. The molecular formula is C14H14N2O2S. The second-order valence-corrected chi connectivity index (χ2v) is 4.70. The Labute approximate surface area is 116 Å². The standard InChI is InChI=1S/C14H14N2O2S/c1-18-12-7-3-2-6-11(12)16-13(17)10-19-14-8-4-5-9-15-14/h2-9H,10H2,1H3,(H,16,17). The number of aromatic nitrogens is 1. The number of pyridine rings is 1. The zero-order chi connectivity index (χ0) is 13.5. The number of hydrogen-bond acceptors (Lipinski definition) is 4. The summed E-state index contributed by atoms with van der Waals surface area (Å²) in [5.41, 5.74) is 0.677. The van der Waals surface area contributed by atoms with Gasteiger partial charge in [-0.05, 0) is 24.3 Å². The van der Waals surface area contributed by atoms with Crippen molar-refractivity contribution in [3.8, 4) is 5.75 Å². The third-order valence-corrected chi connectivity index (χ3v) is 3.31. The highest BCUT2D eigenvalue weighted by Crippen LogP contribution is 2.23. The van der Waals surface area contributed by atoms with E-state index in [4.69, 9.17) is 4.74 Å². The zero-order valence-electron chi connectivity index (χ0n) is 10.5. The van der Waals surface area contributed by atoms with Crippen molar-refractivity contribution in [2.45, 2.75) is 5.03 Å². The predicted molar refractivity (Wildman–Crippen MR) is 76.6 cm³/mol. The van der Waals surface area contributed by atoms with Gasteiger partial charge in [0.05, 0.1) is 23.6 Å². The molecule has 4 nitrogen and oxygen atoms in total. The summed E-state index contributed by atoms with van der Waals surface area (Å²) < 4.78 is 5.18. The van der Waals surface area contributed by atoms with Crippen LogP contribution in [-0.4, -0.2) is 23.8 Å². The smallest absolute Gasteiger partial charge is 0.234 e. The van der Waals surface area contributed by atoms with E-state index in [0.29, 0.717) is 17.2 Å². The van der Waals surface area contributed by atoms with Crippen LogP contribution in [0.4, 0.5) is 5.69 Å². The van der Waals surface area contributed by atoms with Crippen molar-refractivity contribution in [3.63, 3.8) is 0 Å². The van der Waals surface area contributed by atoms with Crippen LogP contribution in [0.2, 0.25) is 0 Å². The van der Waals surface area contributed by atoms with Gasteiger partial charge in [0.15, 0.2) is 0 Å². The molecule has 0 saturated carbocycles. The second-order valence-electron chi connectivity index (χ2n) is 3.71. The van der Waals surface area contributed by atoms with Crippen LogP contribution in [-0.2, 0) is 4.79 Å². The Kier molecular flexibility index (Phi) is 4.80. The number of benzene rings is 1. The minimum atomic E-state index is -0.0832. The molecule has 5 heteroatoms. The Hall–Kier alpha value is -2.01. The van der Waals surface area contributed by atoms with Crippen LogP contribution in [0.25, 0.3) is 0 Å². The molecular weight excluding hydrogens is 260 g/mol. The monoisotopic (exact) mass is 274 g/mol. The van der Waals surface area contributed by atoms with E-state index in [1.54, 1.807) is 13.3 Å². The number of thioether (sulfide) groups is 1. The average Bonchev–Trinajstić information content (AvgIpc) is 2.47. The summed E-state index contributed by atoms with van der Waals surface area (Å²) in [6.07, 6.45) is 1.71. The topological polar surface area (TPSA) is 51.2 Å². The average molecular weight is 274 g/mol. The molecule has 2 aromatic rings. The highest BCUT2D eigenvalue weighted by molar-refractivity contribution is 7.99. The van der Waals surface area contributed by atoms with E-state index in [1.807, 2.05) is 42.5 Å². The maximum atomic E-state index is 11.8. The first-order chi connectivity index (χ1) is 9.29. The molecule has 0 saturated heterocycles. The zero-order valence-corrected chi connectivity index (χ0v) is 11.3. The molecule has 0 spiro atoms. The van der Waals surface area contributed by atoms with E-state index < -0.39 is 0 Å². The second kappa shape index (κ2) is 6.80. The van der Waals surface area contributed by atoms with Gasteiger partial charge in [-0.2, -0.15) is 0 Å². The Morgan fingerprint density at radius 1 is 1.26 bits per heavy atom. The third-order valence-electron chi connectivity index (χ3n) is 2.37. The molecule has 0 atom stereocenters. The van der Waals surface area contributed by atoms with Gasteiger partial charge in [-0.3, -0.25) is 4.79 Å². The van der Waals surface area contributed by atoms with E-state index in [1.165, 1.54) is 11.8 Å². The Morgan fingerprint density at radius 3 is 2.79 bits per heavy atom. The molecule has 1 heterocycles. The van der Waals surface area contributed by atoms with Gasteiger partial charge in [0, 0.05) is 6.20 Å². The van der Waals surface area contributed by atoms with E-state index in [-0.39, 0.29) is 5.91 Å². The van der Waals surface area contributed by atoms with E-state index >= 15 is 0 Å². The van der Waals surface area contributed by atoms with Crippen LogP contribution in [0, 0.1) is 0 Å². The molecule has 1 aromatic heterocycles. The normalized spacial score (nSPS) is 9.95. The van der Waals surface area contributed by atoms with Crippen LogP contribution in [0.1, 0.15) is 0 Å². The first kappa shape index (κ1) is 13.4. The van der Waals surface area contributed by atoms with E-state index in [2.05, 4.69) is 10.3 Å². The van der Waals surface area contributed by atoms with Crippen molar-refractivity contribution < 1.29 is 9.53 Å². The number of nitrogens with one attached hydrogen (secondary N) is 1. The van der Waals surface area contributed by atoms with Crippen molar-refractivity contribution in [1.82, 2.24) is 4.98 Å². The molecule has 2 rings (SSSR count). The summed E-state index contributed by atoms with van der Waals surface area (Å²) in [6.45, 7) is 0. The quantitative estimate of drug-likeness (QED) is 0.852. The van der Waals surface area contributed by atoms with Crippen LogP contribution in [0.5, 0.6) is 5.75 Å². The van der Waals surface area contributed by atoms with Gasteiger partial charge in [-0.15, -0.1) is 0 Å². The largest absolute Gasteiger partial charge is 0.495 e. The molecule has 0 radical (unpaired) electrons. The van der Waals surface area contributed by atoms with Gasteiger partial charge in [0.1, 0.15) is 5.75 Å². The van der Waals surface area contributed by atoms with E-state index in [0.717, 1.165) is 5.03 Å². The van der Waals surface area contributed by atoms with Crippen LogP contribution < -0.4 is 10.1 Å². The van der Waals surface area contributed by atoms with Crippen molar-refractivity contribution in [2.24, 2.45) is 0 Å². The number of para-hydroxylation sites is 2. The molecule has 19 heavy (non-hydrogen) atoms. The van der Waals surface area contributed by atoms with Gasteiger partial charge in [-0.1, -0.05) is 30.0 Å². The number of methoxy groups -OCH3 is 1. The van der Waals surface area contributed by atoms with Gasteiger partial charge < -0.3 is 10.1 Å². The molecule has 1 amide bonds. The minimum Gasteiger partial charge on any atom is -0.495 e. The van der Waals surface area contributed by atoms with E-state index in [9.17, 15) is 4.79 Å². The third kappa shape index (κ3) is 3.99. The van der Waals surface area contributed by atoms with Crippen molar-refractivity contribution in [2.75, 3.05) is 18.2 Å². The number of anilines is 1. The van der Waals surface area contributed by atoms with Crippen LogP contribution >= 0.6 is 11.8 Å². The maximum absolute atomic E-state index is 11.8. The Morgan fingerprint density at radius 2 is 2.05 bits per heavy atom. The summed E-state index contributed by atoms with van der Waals surface area (Å²) in [6, 6.07) is 12.9. The lowest BCUT2D eigenvalue weighted by molar-refractivity contribution is -0.113. The first-order valence-corrected chi connectivity index (χ1v) is 6.75. The summed E-state index contributed by atoms with van der Waals surface area (Å²) in [4.78, 5) is 16.0. The van der Waals surface area contributed by atoms with Crippen molar-refractivity contribution in [1.29, 1.82) is 0 Å². The van der Waals surface area contributed by atoms with Crippen molar-refractivity contribution in [3.05, 3.63) is 48.7 Å². The summed E-state index contributed by atoms with van der Waals surface area (Å²) in [5.74, 6) is 0.883. The number of rotatable bonds is 5. The lowest BCUT2D eigenvalue weighted by atomic mass is 10.3. The molecule has 1 aromatic carbocycles. The first-order valence-electron chi connectivity index (χ1n) is 5.76. The SMILES string of the molecule is COc1ccccc1NC(=O)CSc1ccccn1. The molecule has 0 bridgehead atoms. The summed E-state index contributed by atoms with van der Waals surface area (Å²) in [5, 5.41) is 3.65. The number of carbonyl (C=O) groups is 1. The fraction of sp³-hybridized carbons (Fsp3) is 0.143. The lowest BCUT2D eigenvalue weighted by Crippen LogP contribution is -2.14. The maximum Gasteiger partial charge on any atom is 0.234 e. The fourth-order valence-corrected chi connectivity index (χ4v) is 2.17. The van der Waals surface area contributed by atoms with Crippen LogP contribution in [0.15, 0.2) is 53.7 Å². The Balaban J connectivity index is 1.91. The molecule has 0 aliphatic rings. The fourth-order valence-electron chi connectivity index (χ4n) is 1.51. The van der Waals surface area contributed by atoms with Gasteiger partial charge in [0.25, 0.3) is 0 Å². The number of hydrogen-bond donors (Lipinski definition) is 1. The highest BCUT2D eigenvalue weighted by atomic mass is 32.2. The lowest BCUT2D eigenvalue weighted by Gasteiger charge is -2.09. The van der Waals surface area contributed by atoms with Gasteiger partial charge >= 0.3 is 0 Å². The molecule has 0 aliphatic carbocycles.